The van der Waals surface area contributed by atoms with Gasteiger partial charge in [0.1, 0.15) is 15.0 Å². The third-order valence-corrected chi connectivity index (χ3v) is 11.3. The summed E-state index contributed by atoms with van der Waals surface area (Å²) in [7, 11) is -7.61. The molecule has 0 N–H and O–H groups in total. The lowest BCUT2D eigenvalue weighted by Gasteiger charge is -2.18. The summed E-state index contributed by atoms with van der Waals surface area (Å²) in [6.07, 6.45) is 0. The first kappa shape index (κ1) is 35.5. The minimum Gasteiger partial charge on any atom is -0.744 e. The Morgan fingerprint density at radius 2 is 1.05 bits per heavy atom. The minimum absolute atomic E-state index is 0.0642. The summed E-state index contributed by atoms with van der Waals surface area (Å²) in [5.41, 5.74) is 4.19. The Hall–Kier alpha value is -2.93. The molecule has 0 fully saturated rings. The van der Waals surface area contributed by atoms with E-state index in [1.54, 1.807) is 12.1 Å². The van der Waals surface area contributed by atoms with E-state index < -0.39 is 25.1 Å². The maximum absolute atomic E-state index is 12.2. The third-order valence-electron chi connectivity index (χ3n) is 6.57. The molecule has 0 saturated carbocycles. The zero-order chi connectivity index (χ0) is 32.9. The van der Waals surface area contributed by atoms with Crippen LogP contribution in [0.1, 0.15) is 58.2 Å². The fourth-order valence-corrected chi connectivity index (χ4v) is 7.48. The summed E-state index contributed by atoms with van der Waals surface area (Å²) in [5.74, 6) is -0.405. The Morgan fingerprint density at radius 3 is 1.43 bits per heavy atom. The molecule has 0 aliphatic carbocycles. The van der Waals surface area contributed by atoms with Gasteiger partial charge in [0.05, 0.1) is 12.0 Å². The average Bonchev–Trinajstić information content (AvgIpc) is 2.93. The first-order valence-corrected chi connectivity index (χ1v) is 18.8. The molecule has 0 radical (unpaired) electrons. The van der Waals surface area contributed by atoms with E-state index in [1.165, 1.54) is 37.5 Å². The van der Waals surface area contributed by atoms with E-state index in [0.717, 1.165) is 23.8 Å². The molecule has 0 spiro atoms. The van der Waals surface area contributed by atoms with Gasteiger partial charge in [0.2, 0.25) is 0 Å². The van der Waals surface area contributed by atoms with Gasteiger partial charge in [-0.25, -0.2) is 8.42 Å². The fourth-order valence-electron chi connectivity index (χ4n) is 3.90. The van der Waals surface area contributed by atoms with Crippen molar-refractivity contribution in [2.24, 2.45) is 0 Å². The molecule has 7 nitrogen and oxygen atoms in total. The monoisotopic (exact) mass is 750 g/mol. The predicted molar refractivity (Wildman–Crippen MR) is 168 cm³/mol. The van der Waals surface area contributed by atoms with Crippen LogP contribution in [0, 0.1) is 14.1 Å². The van der Waals surface area contributed by atoms with Gasteiger partial charge in [-0.1, -0.05) is 83.5 Å². The van der Waals surface area contributed by atoms with E-state index in [0.29, 0.717) is 0 Å². The second kappa shape index (κ2) is 14.0. The number of halogens is 1. The summed E-state index contributed by atoms with van der Waals surface area (Å²) >= 11 is -0.0703. The highest BCUT2D eigenvalue weighted by atomic mass is 127. The van der Waals surface area contributed by atoms with E-state index in [9.17, 15) is 21.4 Å². The Morgan fingerprint density at radius 1 is 0.614 bits per heavy atom. The van der Waals surface area contributed by atoms with Gasteiger partial charge < -0.3 is 13.5 Å². The van der Waals surface area contributed by atoms with Crippen LogP contribution in [0.4, 0.5) is 0 Å². The zero-order valence-electron chi connectivity index (χ0n) is 26.2. The van der Waals surface area contributed by atoms with Crippen LogP contribution < -0.4 is 30.1 Å². The molecule has 4 aromatic rings. The van der Waals surface area contributed by atoms with Crippen molar-refractivity contribution in [3.63, 3.8) is 0 Å². The van der Waals surface area contributed by atoms with Crippen molar-refractivity contribution in [3.05, 3.63) is 115 Å². The van der Waals surface area contributed by atoms with Gasteiger partial charge in [0.15, 0.2) is 18.6 Å². The third kappa shape index (κ3) is 10.0. The highest BCUT2D eigenvalue weighted by Gasteiger charge is 2.21. The molecule has 4 aromatic carbocycles. The highest BCUT2D eigenvalue weighted by Crippen LogP contribution is 2.32. The zero-order valence-corrected chi connectivity index (χ0v) is 30.0. The molecule has 10 heteroatoms. The maximum Gasteiger partial charge on any atom is 0.357 e. The average molecular weight is 751 g/mol. The van der Waals surface area contributed by atoms with E-state index in [1.807, 2.05) is 6.92 Å². The van der Waals surface area contributed by atoms with Crippen LogP contribution in [0.25, 0.3) is 0 Å². The van der Waals surface area contributed by atoms with Crippen LogP contribution in [0.3, 0.4) is 0 Å². The minimum atomic E-state index is -4.69. The summed E-state index contributed by atoms with van der Waals surface area (Å²) in [6, 6.07) is 27.3. The van der Waals surface area contributed by atoms with Gasteiger partial charge in [-0.05, 0) is 77.4 Å². The number of aryl methyl sites for hydroxylation is 1. The maximum atomic E-state index is 12.2. The van der Waals surface area contributed by atoms with Gasteiger partial charge in [0.25, 0.3) is 0 Å². The molecule has 0 aromatic heterocycles. The Balaban J connectivity index is 0.000000241. The first-order valence-electron chi connectivity index (χ1n) is 13.8. The molecule has 0 bridgehead atoms. The van der Waals surface area contributed by atoms with Crippen molar-refractivity contribution >= 4 is 20.2 Å². The summed E-state index contributed by atoms with van der Waals surface area (Å²) in [5, 5.41) is 0. The largest absolute Gasteiger partial charge is 0.744 e. The lowest BCUT2D eigenvalue weighted by atomic mass is 9.87. The Bertz CT molecular complexity index is 1710. The molecule has 0 saturated heterocycles. The van der Waals surface area contributed by atoms with Gasteiger partial charge in [-0.15, -0.1) is 0 Å². The second-order valence-electron chi connectivity index (χ2n) is 12.2. The topological polar surface area (TPSA) is 110 Å². The molecule has 4 rings (SSSR count). The van der Waals surface area contributed by atoms with Crippen LogP contribution in [-0.4, -0.2) is 28.5 Å². The molecule has 44 heavy (non-hydrogen) atoms. The standard InChI is InChI=1S/C20H26I.C14H14O7S2/c1-19(2,3)15-7-11-17(12-8-15)21-18-13-9-16(10-14-18)20(4,5)6;1-10-3-5-11(6-4-10)23(18,19)21-13-8-7-12(22(15,16)17)9-14(13)20-2/h7-14H,1-6H3;3-9H,1-2H3,(H,15,16,17)/q+1;/p-1. The molecular formula is C34H39IO7S2. The number of ether oxygens (including phenoxy) is 1. The molecule has 0 amide bonds. The normalized spacial score (nSPS) is 12.2. The van der Waals surface area contributed by atoms with Crippen LogP contribution in [-0.2, 0) is 31.1 Å². The van der Waals surface area contributed by atoms with Gasteiger partial charge in [-0.2, -0.15) is 8.42 Å². The molecule has 236 valence electrons. The smallest absolute Gasteiger partial charge is 0.357 e. The van der Waals surface area contributed by atoms with Crippen molar-refractivity contribution in [2.45, 2.75) is 69.1 Å². The predicted octanol–water partition coefficient (Wildman–Crippen LogP) is 4.09. The summed E-state index contributed by atoms with van der Waals surface area (Å²) in [4.78, 5) is -0.611. The molecule has 0 heterocycles. The lowest BCUT2D eigenvalue weighted by molar-refractivity contribution is -0.597. The quantitative estimate of drug-likeness (QED) is 0.159. The van der Waals surface area contributed by atoms with E-state index in [2.05, 4.69) is 90.1 Å². The number of hydrogen-bond acceptors (Lipinski definition) is 7. The van der Waals surface area contributed by atoms with Crippen LogP contribution in [0.2, 0.25) is 0 Å². The van der Waals surface area contributed by atoms with Gasteiger partial charge in [-0.3, -0.25) is 0 Å². The lowest BCUT2D eigenvalue weighted by Crippen LogP contribution is -3.61. The Kier molecular flexibility index (Phi) is 11.3. The highest BCUT2D eigenvalue weighted by molar-refractivity contribution is 7.87. The number of hydrogen-bond donors (Lipinski definition) is 0. The van der Waals surface area contributed by atoms with Crippen LogP contribution >= 0.6 is 0 Å². The van der Waals surface area contributed by atoms with Crippen LogP contribution in [0.5, 0.6) is 11.5 Å². The second-order valence-corrected chi connectivity index (χ2v) is 18.2. The molecule has 0 unspecified atom stereocenters. The van der Waals surface area contributed by atoms with E-state index in [4.69, 9.17) is 8.92 Å². The molecule has 0 aliphatic rings. The fraction of sp³-hybridized carbons (Fsp3) is 0.294. The van der Waals surface area contributed by atoms with Crippen molar-refractivity contribution in [3.8, 4) is 11.5 Å². The number of methoxy groups -OCH3 is 1. The van der Waals surface area contributed by atoms with Gasteiger partial charge >= 0.3 is 31.3 Å². The van der Waals surface area contributed by atoms with Crippen molar-refractivity contribution in [2.75, 3.05) is 7.11 Å². The Labute approximate surface area is 272 Å². The van der Waals surface area contributed by atoms with Crippen molar-refractivity contribution < 1.29 is 51.5 Å². The molecular weight excluding hydrogens is 711 g/mol. The van der Waals surface area contributed by atoms with Crippen molar-refractivity contribution in [1.82, 2.24) is 0 Å². The summed E-state index contributed by atoms with van der Waals surface area (Å²) < 4.78 is 70.2. The SMILES string of the molecule is CC(C)(C)c1ccc([I+]c2ccc(C(C)(C)C)cc2)cc1.COc1cc(S(=O)(=O)[O-])ccc1OS(=O)(=O)c1ccc(C)cc1. The van der Waals surface area contributed by atoms with Crippen molar-refractivity contribution in [1.29, 1.82) is 0 Å². The van der Waals surface area contributed by atoms with Gasteiger partial charge in [0, 0.05) is 6.07 Å². The van der Waals surface area contributed by atoms with E-state index >= 15 is 0 Å². The molecule has 0 aliphatic heterocycles. The van der Waals surface area contributed by atoms with E-state index in [-0.39, 0.29) is 48.4 Å². The number of rotatable bonds is 7. The first-order chi connectivity index (χ1) is 20.3. The summed E-state index contributed by atoms with van der Waals surface area (Å²) in [6.45, 7) is 15.4. The molecule has 0 atom stereocenters. The van der Waals surface area contributed by atoms with Crippen LogP contribution in [0.15, 0.2) is 101 Å². The number of benzene rings is 4.